The van der Waals surface area contributed by atoms with Crippen molar-refractivity contribution in [2.24, 2.45) is 4.99 Å². The first-order valence-electron chi connectivity index (χ1n) is 28.4. The molecule has 1 aliphatic heterocycles. The van der Waals surface area contributed by atoms with Crippen LogP contribution in [0, 0.1) is 24.6 Å². The molecule has 0 bridgehead atoms. The summed E-state index contributed by atoms with van der Waals surface area (Å²) in [4.78, 5) is 28.1. The number of carboxylic acids is 1. The van der Waals surface area contributed by atoms with Gasteiger partial charge >= 0.3 is 0 Å². The molecule has 7 aromatic rings. The molecule has 0 N–H and O–H groups in total. The zero-order valence-electron chi connectivity index (χ0n) is 49.1. The smallest absolute Gasteiger partial charge is 0.261 e. The summed E-state index contributed by atoms with van der Waals surface area (Å²) in [6.07, 6.45) is 5.60. The van der Waals surface area contributed by atoms with Gasteiger partial charge in [-0.3, -0.25) is 9.47 Å². The van der Waals surface area contributed by atoms with Crippen LogP contribution in [0.3, 0.4) is 0 Å². The maximum Gasteiger partial charge on any atom is 0.261 e. The minimum absolute atomic E-state index is 0.107. The summed E-state index contributed by atoms with van der Waals surface area (Å²) in [5.41, 5.74) is 2.25. The molecule has 13 nitrogen and oxygen atoms in total. The minimum Gasteiger partial charge on any atom is -0.543 e. The number of piperidine rings is 1. The molecule has 4 aromatic carbocycles. The second kappa shape index (κ2) is 27.5. The Morgan fingerprint density at radius 3 is 2.23 bits per heavy atom. The van der Waals surface area contributed by atoms with Crippen LogP contribution in [0.15, 0.2) is 114 Å². The molecule has 1 unspecified atom stereocenters. The molecule has 81 heavy (non-hydrogen) atoms. The van der Waals surface area contributed by atoms with E-state index in [0.717, 1.165) is 57.2 Å². The van der Waals surface area contributed by atoms with E-state index in [1.165, 1.54) is 47.0 Å². The maximum atomic E-state index is 15.2. The Bertz CT molecular complexity index is 3300. The molecule has 0 spiro atoms. The molecule has 1 fully saturated rings. The lowest BCUT2D eigenvalue weighted by molar-refractivity contribution is -0.916. The van der Waals surface area contributed by atoms with Crippen molar-refractivity contribution in [2.75, 3.05) is 72.0 Å². The fourth-order valence-corrected chi connectivity index (χ4v) is 18.2. The lowest BCUT2D eigenvalue weighted by Gasteiger charge is -2.47. The summed E-state index contributed by atoms with van der Waals surface area (Å²) >= 11 is 2.87. The van der Waals surface area contributed by atoms with E-state index >= 15 is 4.39 Å². The Morgan fingerprint density at radius 1 is 0.901 bits per heavy atom. The number of aromatic nitrogens is 4. The lowest BCUT2D eigenvalue weighted by atomic mass is 10.1. The van der Waals surface area contributed by atoms with Crippen LogP contribution in [0.1, 0.15) is 85.8 Å². The standard InChI is InChI=1S/C63H81FN8O5S2Si2/c1-47-43-57(67-68-59(47)66-62-71(46-75-41-42-80(8,9)10)53-31-18-19-32-55(53)78-62)70(61-65-58(60(73)74)56(79-61)33-24-40-76-54-35-34-48(44-52(54)64)25-22-36-69(5)6)37-23-26-49(45-72(7)38-20-13-21-39-72)77-81(63(2,3)4,50-27-14-11-15-28-50)51-29-16-12-17-30-51/h11-12,14-19,27-32,34-35,43-44,49H,13,20-21,23-24,26,33,36-42,45-46H2,1-10H3/b66-62-. The van der Waals surface area contributed by atoms with Crippen molar-refractivity contribution in [1.82, 2.24) is 24.6 Å². The quantitative estimate of drug-likeness (QED) is 0.0236. The number of likely N-dealkylation sites (tertiary alicyclic amines) is 1. The number of fused-ring (bicyclic) bond motifs is 1. The van der Waals surface area contributed by atoms with E-state index in [9.17, 15) is 9.90 Å². The number of carboxylic acid groups (broad SMARTS) is 1. The van der Waals surface area contributed by atoms with Crippen LogP contribution in [0.5, 0.6) is 5.75 Å². The molecule has 430 valence electrons. The number of nitrogens with zero attached hydrogens (tertiary/aromatic N) is 8. The van der Waals surface area contributed by atoms with Gasteiger partial charge in [-0.15, -0.1) is 21.5 Å². The molecule has 0 radical (unpaired) electrons. The fourth-order valence-electron chi connectivity index (χ4n) is 10.6. The number of aromatic carboxylic acids is 1. The number of para-hydroxylation sites is 1. The van der Waals surface area contributed by atoms with E-state index < -0.39 is 28.2 Å². The predicted octanol–water partition coefficient (Wildman–Crippen LogP) is 10.7. The molecule has 18 heteroatoms. The third kappa shape index (κ3) is 16.0. The van der Waals surface area contributed by atoms with Crippen LogP contribution < -0.4 is 29.9 Å². The molecule has 0 aliphatic carbocycles. The van der Waals surface area contributed by atoms with Gasteiger partial charge in [0, 0.05) is 31.7 Å². The second-order valence-corrected chi connectivity index (χ2v) is 36.1. The summed E-state index contributed by atoms with van der Waals surface area (Å²) in [5.74, 6) is 5.22. The van der Waals surface area contributed by atoms with Crippen molar-refractivity contribution < 1.29 is 32.7 Å². The number of halogens is 1. The average molecular weight is 1170 g/mol. The van der Waals surface area contributed by atoms with Crippen molar-refractivity contribution in [2.45, 2.75) is 116 Å². The Labute approximate surface area is 489 Å². The van der Waals surface area contributed by atoms with E-state index in [1.54, 1.807) is 23.5 Å². The number of anilines is 2. The van der Waals surface area contributed by atoms with Crippen molar-refractivity contribution in [3.63, 3.8) is 0 Å². The van der Waals surface area contributed by atoms with Crippen molar-refractivity contribution >= 4 is 82.4 Å². The average Bonchev–Trinajstić information content (AvgIpc) is 4.13. The van der Waals surface area contributed by atoms with Gasteiger partial charge in [0.15, 0.2) is 33.1 Å². The number of benzene rings is 4. The number of likely N-dealkylation sites (N-methyl/N-ethyl adjacent to an activating group) is 1. The molecule has 3 aromatic heterocycles. The number of hydrogen-bond donors (Lipinski definition) is 0. The third-order valence-electron chi connectivity index (χ3n) is 14.9. The van der Waals surface area contributed by atoms with Crippen LogP contribution in [0.25, 0.3) is 10.2 Å². The largest absolute Gasteiger partial charge is 0.543 e. The summed E-state index contributed by atoms with van der Waals surface area (Å²) in [6, 6.07) is 37.6. The van der Waals surface area contributed by atoms with Crippen LogP contribution in [0.4, 0.5) is 21.2 Å². The Balaban J connectivity index is 1.12. The minimum atomic E-state index is -2.97. The van der Waals surface area contributed by atoms with Gasteiger partial charge in [0.2, 0.25) is 0 Å². The zero-order valence-corrected chi connectivity index (χ0v) is 52.7. The number of rotatable bonds is 25. The van der Waals surface area contributed by atoms with Gasteiger partial charge in [-0.1, -0.05) is 136 Å². The van der Waals surface area contributed by atoms with E-state index in [-0.39, 0.29) is 29.2 Å². The molecule has 1 atom stereocenters. The number of ether oxygens (including phenoxy) is 2. The molecule has 1 saturated heterocycles. The van der Waals surface area contributed by atoms with Crippen LogP contribution in [-0.4, -0.2) is 125 Å². The number of thiazole rings is 2. The van der Waals surface area contributed by atoms with E-state index in [0.29, 0.717) is 72.9 Å². The highest BCUT2D eigenvalue weighted by atomic mass is 32.1. The highest BCUT2D eigenvalue weighted by Gasteiger charge is 2.52. The van der Waals surface area contributed by atoms with Crippen LogP contribution in [0.2, 0.25) is 30.7 Å². The van der Waals surface area contributed by atoms with Gasteiger partial charge in [0.05, 0.1) is 55.6 Å². The third-order valence-corrected chi connectivity index (χ3v) is 23.9. The normalized spacial score (nSPS) is 14.5. The van der Waals surface area contributed by atoms with Gasteiger partial charge in [0.25, 0.3) is 8.32 Å². The summed E-state index contributed by atoms with van der Waals surface area (Å²) in [5, 5.41) is 25.3. The van der Waals surface area contributed by atoms with Gasteiger partial charge in [-0.05, 0) is 129 Å². The maximum absolute atomic E-state index is 15.2. The first-order valence-corrected chi connectivity index (χ1v) is 35.7. The predicted molar refractivity (Wildman–Crippen MR) is 331 cm³/mol. The molecule has 8 rings (SSSR count). The van der Waals surface area contributed by atoms with Crippen molar-refractivity contribution in [1.29, 1.82) is 0 Å². The van der Waals surface area contributed by atoms with Gasteiger partial charge < -0.3 is 33.2 Å². The van der Waals surface area contributed by atoms with Gasteiger partial charge in [-0.25, -0.2) is 9.37 Å². The number of carbonyl (C=O) groups excluding carboxylic acids is 1. The number of carbonyl (C=O) groups is 1. The summed E-state index contributed by atoms with van der Waals surface area (Å²) < 4.78 is 39.5. The number of quaternary nitrogens is 1. The molecule has 0 saturated carbocycles. The van der Waals surface area contributed by atoms with Crippen molar-refractivity contribution in [3.8, 4) is 17.6 Å². The Hall–Kier alpha value is -5.89. The highest BCUT2D eigenvalue weighted by molar-refractivity contribution is 7.16. The second-order valence-electron chi connectivity index (χ2n) is 24.1. The Morgan fingerprint density at radius 2 is 1.59 bits per heavy atom. The van der Waals surface area contributed by atoms with Crippen LogP contribution >= 0.6 is 22.7 Å². The highest BCUT2D eigenvalue weighted by Crippen LogP contribution is 2.39. The monoisotopic (exact) mass is 1170 g/mol. The molecule has 4 heterocycles. The number of hydrogen-bond acceptors (Lipinski definition) is 13. The molecular formula is C63H81FN8O5S2Si2. The number of aryl methyl sites for hydroxylation is 2. The fraction of sp³-hybridized carbons (Fsp3) is 0.444. The SMILES string of the molecule is Cc1cc(N(CCCC(C[N+]2(C)CCCCC2)O[Si](c2ccccc2)(c2ccccc2)C(C)(C)C)c2nc(C(=O)[O-])c(CCCOc3ccc(C#CCN(C)C)cc3F)s2)nnc1/N=c1\sc2ccccc2n1COCC[Si](C)(C)C. The van der Waals surface area contributed by atoms with Gasteiger partial charge in [-0.2, -0.15) is 4.99 Å². The van der Waals surface area contributed by atoms with Gasteiger partial charge in [0.1, 0.15) is 19.0 Å². The zero-order chi connectivity index (χ0) is 57.8. The van der Waals surface area contributed by atoms with Crippen molar-refractivity contribution in [3.05, 3.63) is 142 Å². The van der Waals surface area contributed by atoms with E-state index in [4.69, 9.17) is 34.1 Å². The molecule has 0 amide bonds. The topological polar surface area (TPSA) is 130 Å². The first kappa shape index (κ1) is 61.2. The van der Waals surface area contributed by atoms with E-state index in [2.05, 4.69) is 137 Å². The van der Waals surface area contributed by atoms with E-state index in [1.807, 2.05) is 49.0 Å². The molecule has 1 aliphatic rings. The Kier molecular flexibility index (Phi) is 20.7. The first-order chi connectivity index (χ1) is 38.7. The lowest BCUT2D eigenvalue weighted by Crippen LogP contribution is -2.69. The summed E-state index contributed by atoms with van der Waals surface area (Å²) in [6.45, 7) is 21.2. The van der Waals surface area contributed by atoms with Crippen LogP contribution in [-0.2, 0) is 22.3 Å². The summed E-state index contributed by atoms with van der Waals surface area (Å²) in [7, 11) is 1.97. The molecular weight excluding hydrogens is 1090 g/mol.